The lowest BCUT2D eigenvalue weighted by atomic mass is 9.94. The van der Waals surface area contributed by atoms with Gasteiger partial charge in [-0.15, -0.1) is 0 Å². The molecule has 1 atom stereocenters. The van der Waals surface area contributed by atoms with Crippen LogP contribution in [0.15, 0.2) is 64.3 Å². The SMILES string of the molecule is CCOc1cccc(C2C(C(=O)c3cc4cc(C)ccc4o3)=C(O)C(=O)N2CCCN2CCOCC2)c1. The van der Waals surface area contributed by atoms with Crippen molar-refractivity contribution < 1.29 is 28.6 Å². The maximum absolute atomic E-state index is 13.8. The number of nitrogens with zero attached hydrogens (tertiary/aromatic N) is 2. The van der Waals surface area contributed by atoms with Gasteiger partial charge in [-0.25, -0.2) is 0 Å². The molecule has 2 aliphatic heterocycles. The maximum atomic E-state index is 13.8. The van der Waals surface area contributed by atoms with Gasteiger partial charge in [-0.3, -0.25) is 14.5 Å². The standard InChI is InChI=1S/C29H32N2O6/c1-3-36-22-7-4-6-20(17-22)26-25(27(32)24-18-21-16-19(2)8-9-23(21)37-24)28(33)29(34)31(26)11-5-10-30-12-14-35-15-13-30/h4,6-9,16-18,26,33H,3,5,10-15H2,1-2H3. The van der Waals surface area contributed by atoms with Gasteiger partial charge in [0.25, 0.3) is 5.91 Å². The highest BCUT2D eigenvalue weighted by Gasteiger charge is 2.44. The number of benzene rings is 2. The molecule has 5 rings (SSSR count). The first-order valence-electron chi connectivity index (χ1n) is 12.8. The second kappa shape index (κ2) is 10.8. The molecule has 1 aromatic heterocycles. The van der Waals surface area contributed by atoms with Gasteiger partial charge in [-0.1, -0.05) is 23.8 Å². The molecule has 1 amide bonds. The van der Waals surface area contributed by atoms with Crippen molar-refractivity contribution in [2.45, 2.75) is 26.3 Å². The summed E-state index contributed by atoms with van der Waals surface area (Å²) in [6.45, 7) is 8.65. The Morgan fingerprint density at radius 3 is 2.70 bits per heavy atom. The van der Waals surface area contributed by atoms with Gasteiger partial charge in [-0.05, 0) is 56.2 Å². The van der Waals surface area contributed by atoms with Crippen LogP contribution in [0.5, 0.6) is 5.75 Å². The summed E-state index contributed by atoms with van der Waals surface area (Å²) < 4.78 is 17.0. The highest BCUT2D eigenvalue weighted by Crippen LogP contribution is 2.40. The Bertz CT molecular complexity index is 1340. The fourth-order valence-corrected chi connectivity index (χ4v) is 5.10. The predicted octanol–water partition coefficient (Wildman–Crippen LogP) is 4.44. The molecule has 37 heavy (non-hydrogen) atoms. The van der Waals surface area contributed by atoms with E-state index in [1.165, 1.54) is 0 Å². The van der Waals surface area contributed by atoms with Crippen LogP contribution in [-0.4, -0.2) is 72.6 Å². The Kier molecular flexibility index (Phi) is 7.30. The van der Waals surface area contributed by atoms with E-state index in [1.54, 1.807) is 11.0 Å². The highest BCUT2D eigenvalue weighted by molar-refractivity contribution is 6.16. The molecule has 0 aliphatic carbocycles. The summed E-state index contributed by atoms with van der Waals surface area (Å²) >= 11 is 0. The minimum absolute atomic E-state index is 0.0285. The van der Waals surface area contributed by atoms with Crippen LogP contribution in [-0.2, 0) is 9.53 Å². The summed E-state index contributed by atoms with van der Waals surface area (Å²) in [4.78, 5) is 31.0. The molecule has 0 saturated carbocycles. The number of furan rings is 1. The quantitative estimate of drug-likeness (QED) is 0.431. The van der Waals surface area contributed by atoms with Crippen molar-refractivity contribution in [2.75, 3.05) is 46.0 Å². The van der Waals surface area contributed by atoms with Crippen LogP contribution in [0.4, 0.5) is 0 Å². The number of rotatable bonds is 9. The lowest BCUT2D eigenvalue weighted by Gasteiger charge is -2.30. The molecule has 0 radical (unpaired) electrons. The van der Waals surface area contributed by atoms with E-state index < -0.39 is 23.5 Å². The van der Waals surface area contributed by atoms with Gasteiger partial charge in [0.1, 0.15) is 11.3 Å². The summed E-state index contributed by atoms with van der Waals surface area (Å²) in [5, 5.41) is 11.8. The summed E-state index contributed by atoms with van der Waals surface area (Å²) in [5.74, 6) is -0.847. The van der Waals surface area contributed by atoms with E-state index in [2.05, 4.69) is 4.90 Å². The molecule has 3 aromatic rings. The summed E-state index contributed by atoms with van der Waals surface area (Å²) in [7, 11) is 0. The van der Waals surface area contributed by atoms with Gasteiger partial charge in [0.15, 0.2) is 11.5 Å². The third kappa shape index (κ3) is 5.12. The van der Waals surface area contributed by atoms with Crippen LogP contribution < -0.4 is 4.74 Å². The number of ketones is 1. The van der Waals surface area contributed by atoms with E-state index in [1.807, 2.05) is 56.3 Å². The van der Waals surface area contributed by atoms with E-state index >= 15 is 0 Å². The smallest absolute Gasteiger partial charge is 0.290 e. The molecule has 3 heterocycles. The third-order valence-electron chi connectivity index (χ3n) is 6.91. The number of aryl methyl sites for hydroxylation is 1. The fraction of sp³-hybridized carbons (Fsp3) is 0.379. The largest absolute Gasteiger partial charge is 0.503 e. The van der Waals surface area contributed by atoms with Gasteiger partial charge in [-0.2, -0.15) is 0 Å². The van der Waals surface area contributed by atoms with Crippen LogP contribution >= 0.6 is 0 Å². The summed E-state index contributed by atoms with van der Waals surface area (Å²) in [6.07, 6.45) is 0.700. The van der Waals surface area contributed by atoms with Gasteiger partial charge in [0.2, 0.25) is 5.78 Å². The van der Waals surface area contributed by atoms with E-state index in [0.717, 1.165) is 30.6 Å². The summed E-state index contributed by atoms with van der Waals surface area (Å²) in [5.41, 5.74) is 2.35. The molecule has 0 spiro atoms. The lowest BCUT2D eigenvalue weighted by molar-refractivity contribution is -0.129. The molecular formula is C29H32N2O6. The Hall–Kier alpha value is -3.62. The first kappa shape index (κ1) is 25.0. The van der Waals surface area contributed by atoms with Crippen molar-refractivity contribution in [2.24, 2.45) is 0 Å². The third-order valence-corrected chi connectivity index (χ3v) is 6.91. The molecule has 8 heteroatoms. The number of aliphatic hydroxyl groups is 1. The van der Waals surface area contributed by atoms with Gasteiger partial charge < -0.3 is 23.9 Å². The van der Waals surface area contributed by atoms with Crippen LogP contribution in [0.25, 0.3) is 11.0 Å². The molecule has 1 saturated heterocycles. The lowest BCUT2D eigenvalue weighted by Crippen LogP contribution is -2.39. The monoisotopic (exact) mass is 504 g/mol. The summed E-state index contributed by atoms with van der Waals surface area (Å²) in [6, 6.07) is 13.9. The minimum Gasteiger partial charge on any atom is -0.503 e. The van der Waals surface area contributed by atoms with E-state index in [9.17, 15) is 14.7 Å². The molecule has 194 valence electrons. The first-order valence-corrected chi connectivity index (χ1v) is 12.8. The van der Waals surface area contributed by atoms with Gasteiger partial charge in [0.05, 0.1) is 31.4 Å². The maximum Gasteiger partial charge on any atom is 0.290 e. The van der Waals surface area contributed by atoms with E-state index in [-0.39, 0.29) is 11.3 Å². The fourth-order valence-electron chi connectivity index (χ4n) is 5.10. The number of amides is 1. The normalized spacial score (nSPS) is 18.7. The molecule has 0 bridgehead atoms. The Morgan fingerprint density at radius 2 is 1.92 bits per heavy atom. The van der Waals surface area contributed by atoms with E-state index in [4.69, 9.17) is 13.9 Å². The molecule has 1 fully saturated rings. The van der Waals surface area contributed by atoms with Crippen molar-refractivity contribution in [3.63, 3.8) is 0 Å². The number of carbonyl (C=O) groups is 2. The number of ether oxygens (including phenoxy) is 2. The zero-order chi connectivity index (χ0) is 25.9. The Balaban J connectivity index is 1.47. The molecule has 2 aliphatic rings. The van der Waals surface area contributed by atoms with Crippen molar-refractivity contribution >= 4 is 22.7 Å². The van der Waals surface area contributed by atoms with Crippen LogP contribution in [0.3, 0.4) is 0 Å². The van der Waals surface area contributed by atoms with Crippen LogP contribution in [0, 0.1) is 6.92 Å². The number of carbonyl (C=O) groups excluding carboxylic acids is 2. The van der Waals surface area contributed by atoms with Gasteiger partial charge >= 0.3 is 0 Å². The highest BCUT2D eigenvalue weighted by atomic mass is 16.5. The Morgan fingerprint density at radius 1 is 1.11 bits per heavy atom. The number of hydrogen-bond acceptors (Lipinski definition) is 7. The average molecular weight is 505 g/mol. The zero-order valence-electron chi connectivity index (χ0n) is 21.2. The topological polar surface area (TPSA) is 92.5 Å². The van der Waals surface area contributed by atoms with Crippen LogP contribution in [0.2, 0.25) is 0 Å². The number of Topliss-reactive ketones (excluding diaryl/α,β-unsaturated/α-hetero) is 1. The van der Waals surface area contributed by atoms with Crippen molar-refractivity contribution in [3.8, 4) is 5.75 Å². The number of morpholine rings is 1. The molecular weight excluding hydrogens is 472 g/mol. The minimum atomic E-state index is -0.750. The number of aliphatic hydroxyl groups excluding tert-OH is 1. The second-order valence-corrected chi connectivity index (χ2v) is 9.46. The average Bonchev–Trinajstić information content (AvgIpc) is 3.43. The predicted molar refractivity (Wildman–Crippen MR) is 139 cm³/mol. The van der Waals surface area contributed by atoms with Crippen molar-refractivity contribution in [3.05, 3.63) is 76.8 Å². The van der Waals surface area contributed by atoms with Crippen molar-refractivity contribution in [1.82, 2.24) is 9.80 Å². The van der Waals surface area contributed by atoms with E-state index in [0.29, 0.717) is 49.7 Å². The molecule has 8 nitrogen and oxygen atoms in total. The Labute approximate surface area is 216 Å². The second-order valence-electron chi connectivity index (χ2n) is 9.46. The zero-order valence-corrected chi connectivity index (χ0v) is 21.2. The van der Waals surface area contributed by atoms with Crippen molar-refractivity contribution in [1.29, 1.82) is 0 Å². The molecule has 1 N–H and O–H groups in total. The number of hydrogen-bond donors (Lipinski definition) is 1. The number of fused-ring (bicyclic) bond motifs is 1. The first-order chi connectivity index (χ1) is 18.0. The molecule has 1 unspecified atom stereocenters. The van der Waals surface area contributed by atoms with Crippen LogP contribution in [0.1, 0.15) is 41.1 Å². The van der Waals surface area contributed by atoms with Gasteiger partial charge in [0, 0.05) is 31.6 Å². The molecule has 2 aromatic carbocycles.